The lowest BCUT2D eigenvalue weighted by atomic mass is 10.2. The molecule has 0 N–H and O–H groups in total. The molecule has 0 saturated carbocycles. The highest BCUT2D eigenvalue weighted by Gasteiger charge is 2.11. The molecule has 1 heterocycles. The number of hydrogen-bond donors (Lipinski definition) is 0. The third kappa shape index (κ3) is 3.68. The zero-order valence-electron chi connectivity index (χ0n) is 16.1. The minimum atomic E-state index is -0.446. The number of ether oxygens (including phenoxy) is 1. The van der Waals surface area contributed by atoms with E-state index in [2.05, 4.69) is 4.98 Å². The summed E-state index contributed by atoms with van der Waals surface area (Å²) in [5.41, 5.74) is 1.64. The van der Waals surface area contributed by atoms with Gasteiger partial charge in [0.2, 0.25) is 0 Å². The van der Waals surface area contributed by atoms with Crippen molar-refractivity contribution in [2.45, 2.75) is 0 Å². The van der Waals surface area contributed by atoms with E-state index >= 15 is 0 Å². The van der Waals surface area contributed by atoms with Gasteiger partial charge in [-0.25, -0.2) is 4.98 Å². The molecule has 4 aromatic rings. The molecule has 0 radical (unpaired) electrons. The predicted octanol–water partition coefficient (Wildman–Crippen LogP) is 4.47. The van der Waals surface area contributed by atoms with Crippen LogP contribution in [0.25, 0.3) is 28.7 Å². The highest BCUT2D eigenvalue weighted by Crippen LogP contribution is 2.19. The van der Waals surface area contributed by atoms with Crippen molar-refractivity contribution in [1.29, 1.82) is 0 Å². The Hall–Kier alpha value is -4.26. The maximum Gasteiger partial charge on any atom is 0.270 e. The average molecular weight is 399 g/mol. The summed E-state index contributed by atoms with van der Waals surface area (Å²) in [6.45, 7) is 0. The molecular weight excluding hydrogens is 382 g/mol. The van der Waals surface area contributed by atoms with Crippen molar-refractivity contribution in [3.8, 4) is 11.4 Å². The minimum absolute atomic E-state index is 0.00355. The number of fused-ring (bicyclic) bond motifs is 1. The second-order valence-electron chi connectivity index (χ2n) is 6.51. The molecule has 3 aromatic carbocycles. The number of aromatic nitrogens is 2. The second kappa shape index (κ2) is 8.00. The van der Waals surface area contributed by atoms with Crippen molar-refractivity contribution in [2.75, 3.05) is 7.11 Å². The number of benzene rings is 3. The SMILES string of the molecule is COc1ccc(-n2c(/C=C/c3cccc([N+](=O)[O-])c3)nc3ccccc3c2=O)cc1. The Balaban J connectivity index is 1.88. The Morgan fingerprint density at radius 2 is 1.77 bits per heavy atom. The van der Waals surface area contributed by atoms with Gasteiger partial charge in [0.15, 0.2) is 0 Å². The van der Waals surface area contributed by atoms with Crippen LogP contribution in [0.15, 0.2) is 77.6 Å². The maximum atomic E-state index is 13.2. The molecule has 0 fully saturated rings. The Morgan fingerprint density at radius 1 is 1.00 bits per heavy atom. The quantitative estimate of drug-likeness (QED) is 0.365. The fraction of sp³-hybridized carbons (Fsp3) is 0.0435. The molecule has 0 bridgehead atoms. The number of hydrogen-bond acceptors (Lipinski definition) is 5. The molecule has 7 heteroatoms. The molecular formula is C23H17N3O4. The van der Waals surface area contributed by atoms with E-state index in [0.717, 1.165) is 0 Å². The standard InChI is InChI=1S/C23H17N3O4/c1-30-19-12-10-17(11-13-19)25-22(24-21-8-3-2-7-20(21)23(25)27)14-9-16-5-4-6-18(15-16)26(28)29/h2-15H,1H3/b14-9+. The van der Waals surface area contributed by atoms with Crippen LogP contribution in [0.2, 0.25) is 0 Å². The summed E-state index contributed by atoms with van der Waals surface area (Å²) in [5.74, 6) is 1.09. The van der Waals surface area contributed by atoms with Gasteiger partial charge in [-0.2, -0.15) is 0 Å². The van der Waals surface area contributed by atoms with Crippen LogP contribution in [-0.4, -0.2) is 21.6 Å². The summed E-state index contributed by atoms with van der Waals surface area (Å²) >= 11 is 0. The van der Waals surface area contributed by atoms with Gasteiger partial charge in [0.25, 0.3) is 11.2 Å². The number of nitro groups is 1. The van der Waals surface area contributed by atoms with Crippen LogP contribution in [-0.2, 0) is 0 Å². The van der Waals surface area contributed by atoms with Gasteiger partial charge in [-0.1, -0.05) is 30.3 Å². The minimum Gasteiger partial charge on any atom is -0.497 e. The number of rotatable bonds is 5. The molecule has 0 atom stereocenters. The smallest absolute Gasteiger partial charge is 0.270 e. The lowest BCUT2D eigenvalue weighted by Crippen LogP contribution is -2.22. The molecule has 0 aliphatic carbocycles. The first kappa shape index (κ1) is 19.1. The van der Waals surface area contributed by atoms with Gasteiger partial charge < -0.3 is 4.74 Å². The van der Waals surface area contributed by atoms with Crippen LogP contribution in [0.4, 0.5) is 5.69 Å². The molecule has 0 spiro atoms. The van der Waals surface area contributed by atoms with Crippen molar-refractivity contribution >= 4 is 28.7 Å². The molecule has 0 aliphatic heterocycles. The van der Waals surface area contributed by atoms with Crippen molar-refractivity contribution < 1.29 is 9.66 Å². The van der Waals surface area contributed by atoms with Crippen molar-refractivity contribution in [2.24, 2.45) is 0 Å². The average Bonchev–Trinajstić information content (AvgIpc) is 2.78. The van der Waals surface area contributed by atoms with Gasteiger partial charge in [-0.15, -0.1) is 0 Å². The Kier molecular flexibility index (Phi) is 5.09. The Labute approximate surface area is 171 Å². The second-order valence-corrected chi connectivity index (χ2v) is 6.51. The highest BCUT2D eigenvalue weighted by atomic mass is 16.6. The van der Waals surface area contributed by atoms with Crippen LogP contribution in [0.1, 0.15) is 11.4 Å². The largest absolute Gasteiger partial charge is 0.497 e. The van der Waals surface area contributed by atoms with E-state index in [1.165, 1.54) is 16.7 Å². The zero-order chi connectivity index (χ0) is 21.1. The highest BCUT2D eigenvalue weighted by molar-refractivity contribution is 5.80. The van der Waals surface area contributed by atoms with E-state index in [1.807, 2.05) is 6.07 Å². The van der Waals surface area contributed by atoms with Crippen molar-refractivity contribution in [3.05, 3.63) is 105 Å². The molecule has 0 aliphatic rings. The summed E-state index contributed by atoms with van der Waals surface area (Å²) < 4.78 is 6.71. The number of nitro benzene ring substituents is 1. The van der Waals surface area contributed by atoms with Crippen LogP contribution in [0.3, 0.4) is 0 Å². The van der Waals surface area contributed by atoms with Crippen LogP contribution < -0.4 is 10.3 Å². The normalized spacial score (nSPS) is 11.1. The van der Waals surface area contributed by atoms with E-state index in [9.17, 15) is 14.9 Å². The summed E-state index contributed by atoms with van der Waals surface area (Å²) in [7, 11) is 1.58. The molecule has 4 rings (SSSR count). The first-order valence-electron chi connectivity index (χ1n) is 9.15. The maximum absolute atomic E-state index is 13.2. The summed E-state index contributed by atoms with van der Waals surface area (Å²) in [5, 5.41) is 11.5. The van der Waals surface area contributed by atoms with Gasteiger partial charge in [-0.3, -0.25) is 19.5 Å². The number of para-hydroxylation sites is 1. The van der Waals surface area contributed by atoms with Crippen molar-refractivity contribution in [3.63, 3.8) is 0 Å². The molecule has 1 aromatic heterocycles. The van der Waals surface area contributed by atoms with Crippen LogP contribution >= 0.6 is 0 Å². The Bertz CT molecular complexity index is 1320. The molecule has 0 saturated heterocycles. The van der Waals surface area contributed by atoms with E-state index in [1.54, 1.807) is 73.9 Å². The molecule has 30 heavy (non-hydrogen) atoms. The first-order valence-corrected chi connectivity index (χ1v) is 9.15. The van der Waals surface area contributed by atoms with E-state index in [-0.39, 0.29) is 11.2 Å². The lowest BCUT2D eigenvalue weighted by Gasteiger charge is -2.12. The van der Waals surface area contributed by atoms with Gasteiger partial charge >= 0.3 is 0 Å². The monoisotopic (exact) mass is 399 g/mol. The number of methoxy groups -OCH3 is 1. The van der Waals surface area contributed by atoms with Gasteiger partial charge in [-0.05, 0) is 48.0 Å². The summed E-state index contributed by atoms with van der Waals surface area (Å²) in [6.07, 6.45) is 3.38. The predicted molar refractivity (Wildman–Crippen MR) is 116 cm³/mol. The number of non-ortho nitro benzene ring substituents is 1. The first-order chi connectivity index (χ1) is 14.6. The molecule has 7 nitrogen and oxygen atoms in total. The van der Waals surface area contributed by atoms with E-state index in [4.69, 9.17) is 4.74 Å². The van der Waals surface area contributed by atoms with Crippen molar-refractivity contribution in [1.82, 2.24) is 9.55 Å². The fourth-order valence-corrected chi connectivity index (χ4v) is 3.16. The van der Waals surface area contributed by atoms with Crippen LogP contribution in [0.5, 0.6) is 5.75 Å². The number of nitrogens with zero attached hydrogens (tertiary/aromatic N) is 3. The van der Waals surface area contributed by atoms with E-state index in [0.29, 0.717) is 33.7 Å². The summed E-state index contributed by atoms with van der Waals surface area (Å²) in [6, 6.07) is 20.5. The third-order valence-corrected chi connectivity index (χ3v) is 4.64. The zero-order valence-corrected chi connectivity index (χ0v) is 16.1. The summed E-state index contributed by atoms with van der Waals surface area (Å²) in [4.78, 5) is 28.4. The topological polar surface area (TPSA) is 87.3 Å². The third-order valence-electron chi connectivity index (χ3n) is 4.64. The Morgan fingerprint density at radius 3 is 2.50 bits per heavy atom. The molecule has 148 valence electrons. The fourth-order valence-electron chi connectivity index (χ4n) is 3.16. The van der Waals surface area contributed by atoms with Gasteiger partial charge in [0.05, 0.1) is 28.6 Å². The van der Waals surface area contributed by atoms with Gasteiger partial charge in [0, 0.05) is 12.1 Å². The molecule has 0 unspecified atom stereocenters. The molecule has 0 amide bonds. The van der Waals surface area contributed by atoms with Gasteiger partial charge in [0.1, 0.15) is 11.6 Å². The lowest BCUT2D eigenvalue weighted by molar-refractivity contribution is -0.384. The van der Waals surface area contributed by atoms with E-state index < -0.39 is 4.92 Å². The van der Waals surface area contributed by atoms with Crippen LogP contribution in [0, 0.1) is 10.1 Å².